The van der Waals surface area contributed by atoms with Gasteiger partial charge in [0.05, 0.1) is 12.4 Å². The van der Waals surface area contributed by atoms with E-state index in [0.717, 1.165) is 5.65 Å². The minimum Gasteiger partial charge on any atom is -0.298 e. The maximum Gasteiger partial charge on any atom is 0.137 e. The Morgan fingerprint density at radius 3 is 3.33 bits per heavy atom. The van der Waals surface area contributed by atoms with Gasteiger partial charge in [0.25, 0.3) is 0 Å². The average molecular weight is 117 g/mol. The lowest BCUT2D eigenvalue weighted by atomic mass is 10.5. The first-order valence-electron chi connectivity index (χ1n) is 2.76. The molecule has 0 aliphatic heterocycles. The fourth-order valence-electron chi connectivity index (χ4n) is 0.806. The summed E-state index contributed by atoms with van der Waals surface area (Å²) in [6, 6.07) is 5.85. The molecular formula is C7H5N2. The van der Waals surface area contributed by atoms with Crippen LogP contribution in [0.3, 0.4) is 0 Å². The topological polar surface area (TPSA) is 17.3 Å². The highest BCUT2D eigenvalue weighted by Gasteiger charge is 1.86. The highest BCUT2D eigenvalue weighted by Crippen LogP contribution is 1.95. The molecule has 9 heavy (non-hydrogen) atoms. The summed E-state index contributed by atoms with van der Waals surface area (Å²) in [5.74, 6) is 0. The molecule has 0 bridgehead atoms. The maximum atomic E-state index is 4.03. The minimum atomic E-state index is 0.942. The molecule has 0 fully saturated rings. The maximum absolute atomic E-state index is 4.03. The standard InChI is InChI=1S/C7H5N2/c1-2-5-9-6-4-8-7(9)3-1/h1-5H. The highest BCUT2D eigenvalue weighted by atomic mass is 15.0. The van der Waals surface area contributed by atoms with Gasteiger partial charge < -0.3 is 0 Å². The van der Waals surface area contributed by atoms with Crippen LogP contribution in [-0.2, 0) is 0 Å². The molecule has 43 valence electrons. The molecule has 2 heteroatoms. The van der Waals surface area contributed by atoms with Crippen LogP contribution in [0.5, 0.6) is 0 Å². The van der Waals surface area contributed by atoms with Gasteiger partial charge in [0, 0.05) is 6.20 Å². The van der Waals surface area contributed by atoms with Crippen molar-refractivity contribution in [1.82, 2.24) is 9.38 Å². The van der Waals surface area contributed by atoms with Gasteiger partial charge >= 0.3 is 0 Å². The summed E-state index contributed by atoms with van der Waals surface area (Å²) in [5.41, 5.74) is 0.942. The molecule has 2 nitrogen and oxygen atoms in total. The molecule has 0 amide bonds. The lowest BCUT2D eigenvalue weighted by Crippen LogP contribution is -1.78. The number of hydrogen-bond acceptors (Lipinski definition) is 1. The van der Waals surface area contributed by atoms with Gasteiger partial charge in [-0.25, -0.2) is 4.98 Å². The van der Waals surface area contributed by atoms with Crippen LogP contribution in [0.25, 0.3) is 5.65 Å². The lowest BCUT2D eigenvalue weighted by Gasteiger charge is -1.86. The van der Waals surface area contributed by atoms with Gasteiger partial charge in [-0.2, -0.15) is 0 Å². The molecule has 0 N–H and O–H groups in total. The highest BCUT2D eigenvalue weighted by molar-refractivity contribution is 5.36. The van der Waals surface area contributed by atoms with Crippen LogP contribution in [0.2, 0.25) is 0 Å². The minimum absolute atomic E-state index is 0.942. The van der Waals surface area contributed by atoms with E-state index >= 15 is 0 Å². The molecule has 2 aromatic heterocycles. The monoisotopic (exact) mass is 117 g/mol. The van der Waals surface area contributed by atoms with Crippen molar-refractivity contribution >= 4 is 5.65 Å². The van der Waals surface area contributed by atoms with Crippen molar-refractivity contribution in [3.63, 3.8) is 0 Å². The van der Waals surface area contributed by atoms with Crippen molar-refractivity contribution in [2.24, 2.45) is 0 Å². The third kappa shape index (κ3) is 0.598. The van der Waals surface area contributed by atoms with Crippen LogP contribution in [-0.4, -0.2) is 9.38 Å². The number of rotatable bonds is 0. The summed E-state index contributed by atoms with van der Waals surface area (Å²) in [6.07, 6.45) is 6.51. The summed E-state index contributed by atoms with van der Waals surface area (Å²) < 4.78 is 1.85. The number of nitrogens with zero attached hydrogens (tertiary/aromatic N) is 2. The zero-order valence-electron chi connectivity index (χ0n) is 4.78. The number of pyridine rings is 1. The molecule has 0 saturated carbocycles. The number of hydrogen-bond donors (Lipinski definition) is 0. The van der Waals surface area contributed by atoms with E-state index in [4.69, 9.17) is 0 Å². The summed E-state index contributed by atoms with van der Waals surface area (Å²) >= 11 is 0. The van der Waals surface area contributed by atoms with Crippen LogP contribution in [0, 0.1) is 6.20 Å². The van der Waals surface area contributed by atoms with Gasteiger partial charge in [-0.3, -0.25) is 4.40 Å². The van der Waals surface area contributed by atoms with Crippen LogP contribution >= 0.6 is 0 Å². The molecule has 0 aliphatic rings. The van der Waals surface area contributed by atoms with Crippen molar-refractivity contribution in [2.75, 3.05) is 0 Å². The van der Waals surface area contributed by atoms with Gasteiger partial charge in [0.15, 0.2) is 0 Å². The molecule has 0 atom stereocenters. The Labute approximate surface area is 52.8 Å². The molecule has 2 aromatic rings. The van der Waals surface area contributed by atoms with Crippen molar-refractivity contribution in [2.45, 2.75) is 0 Å². The SMILES string of the molecule is [c]1cnc2ccccn12. The van der Waals surface area contributed by atoms with E-state index in [1.165, 1.54) is 0 Å². The van der Waals surface area contributed by atoms with E-state index in [2.05, 4.69) is 11.2 Å². The summed E-state index contributed by atoms with van der Waals surface area (Å²) in [6.45, 7) is 0. The largest absolute Gasteiger partial charge is 0.298 e. The molecule has 2 rings (SSSR count). The van der Waals surface area contributed by atoms with Crippen LogP contribution < -0.4 is 0 Å². The fraction of sp³-hybridized carbons (Fsp3) is 0. The van der Waals surface area contributed by atoms with Gasteiger partial charge in [-0.05, 0) is 12.1 Å². The van der Waals surface area contributed by atoms with E-state index in [-0.39, 0.29) is 0 Å². The quantitative estimate of drug-likeness (QED) is 0.505. The normalized spacial score (nSPS) is 10.2. The van der Waals surface area contributed by atoms with Gasteiger partial charge in [-0.15, -0.1) is 0 Å². The summed E-state index contributed by atoms with van der Waals surface area (Å²) in [5, 5.41) is 0. The van der Waals surface area contributed by atoms with Gasteiger partial charge in [-0.1, -0.05) is 6.07 Å². The molecule has 0 unspecified atom stereocenters. The smallest absolute Gasteiger partial charge is 0.137 e. The van der Waals surface area contributed by atoms with Crippen LogP contribution in [0.1, 0.15) is 0 Å². The molecule has 1 radical (unpaired) electrons. The molecule has 0 aliphatic carbocycles. The zero-order chi connectivity index (χ0) is 6.10. The fourth-order valence-corrected chi connectivity index (χ4v) is 0.806. The third-order valence-electron chi connectivity index (χ3n) is 1.23. The Bertz CT molecular complexity index is 281. The Kier molecular flexibility index (Phi) is 0.803. The van der Waals surface area contributed by atoms with Gasteiger partial charge in [0.2, 0.25) is 0 Å². The van der Waals surface area contributed by atoms with Crippen molar-refractivity contribution in [3.05, 3.63) is 36.8 Å². The molecule has 0 aromatic carbocycles. The van der Waals surface area contributed by atoms with E-state index < -0.39 is 0 Å². The summed E-state index contributed by atoms with van der Waals surface area (Å²) in [4.78, 5) is 4.03. The Balaban J connectivity index is 2.95. The summed E-state index contributed by atoms with van der Waals surface area (Å²) in [7, 11) is 0. The molecule has 2 heterocycles. The predicted molar refractivity (Wildman–Crippen MR) is 34.0 cm³/mol. The second kappa shape index (κ2) is 1.58. The van der Waals surface area contributed by atoms with Crippen LogP contribution in [0.4, 0.5) is 0 Å². The molecule has 0 spiro atoms. The number of imidazole rings is 1. The first-order chi connectivity index (χ1) is 4.47. The van der Waals surface area contributed by atoms with Crippen molar-refractivity contribution in [1.29, 1.82) is 0 Å². The third-order valence-corrected chi connectivity index (χ3v) is 1.23. The van der Waals surface area contributed by atoms with E-state index in [1.807, 2.05) is 28.8 Å². The van der Waals surface area contributed by atoms with Crippen molar-refractivity contribution in [3.8, 4) is 0 Å². The Hall–Kier alpha value is -1.31. The van der Waals surface area contributed by atoms with E-state index in [9.17, 15) is 0 Å². The molecular weight excluding hydrogens is 112 g/mol. The van der Waals surface area contributed by atoms with E-state index in [0.29, 0.717) is 0 Å². The Morgan fingerprint density at radius 2 is 2.44 bits per heavy atom. The zero-order valence-corrected chi connectivity index (χ0v) is 4.78. The second-order valence-electron chi connectivity index (χ2n) is 1.82. The van der Waals surface area contributed by atoms with Crippen molar-refractivity contribution < 1.29 is 0 Å². The first kappa shape index (κ1) is 4.56. The van der Waals surface area contributed by atoms with Gasteiger partial charge in [0.1, 0.15) is 5.65 Å². The second-order valence-corrected chi connectivity index (χ2v) is 1.82. The average Bonchev–Trinajstić information content (AvgIpc) is 2.33. The predicted octanol–water partition coefficient (Wildman–Crippen LogP) is 1.13. The number of aromatic nitrogens is 2. The number of fused-ring (bicyclic) bond motifs is 1. The van der Waals surface area contributed by atoms with Crippen LogP contribution in [0.15, 0.2) is 30.6 Å². The molecule has 0 saturated heterocycles. The van der Waals surface area contributed by atoms with E-state index in [1.54, 1.807) is 6.20 Å². The lowest BCUT2D eigenvalue weighted by molar-refractivity contribution is 1.18. The first-order valence-corrected chi connectivity index (χ1v) is 2.76. The Morgan fingerprint density at radius 1 is 1.44 bits per heavy atom.